The zero-order chi connectivity index (χ0) is 56.4. The van der Waals surface area contributed by atoms with Crippen LogP contribution in [-0.4, -0.2) is 192 Å². The highest BCUT2D eigenvalue weighted by atomic mass is 35.5. The van der Waals surface area contributed by atoms with E-state index in [1.165, 1.54) is 48.2 Å². The van der Waals surface area contributed by atoms with Gasteiger partial charge in [0.05, 0.1) is 70.1 Å². The lowest BCUT2D eigenvalue weighted by Crippen LogP contribution is -2.60. The molecular weight excluding hydrogens is 1090 g/mol. The van der Waals surface area contributed by atoms with Gasteiger partial charge in [-0.2, -0.15) is 0 Å². The van der Waals surface area contributed by atoms with Crippen LogP contribution in [0.1, 0.15) is 38.0 Å². The fourth-order valence-electron chi connectivity index (χ4n) is 9.55. The number of nitrogens with one attached hydrogen (secondary N) is 1. The van der Waals surface area contributed by atoms with Crippen LogP contribution in [-0.2, 0) is 47.2 Å². The number of halogens is 1. The number of nitrogens with zero attached hydrogens (tertiary/aromatic N) is 6. The lowest BCUT2D eigenvalue weighted by molar-refractivity contribution is -0.277. The molecule has 1 saturated heterocycles. The molecule has 4 amide bonds. The van der Waals surface area contributed by atoms with Gasteiger partial charge in [0.15, 0.2) is 28.7 Å². The molecule has 4 aromatic carbocycles. The third-order valence-corrected chi connectivity index (χ3v) is 14.9. The summed E-state index contributed by atoms with van der Waals surface area (Å²) >= 11 is 6.58. The molecule has 1 fully saturated rings. The number of likely N-dealkylation sites (N-methyl/N-ethyl adjacent to an activating group) is 1. The van der Waals surface area contributed by atoms with Gasteiger partial charge >= 0.3 is 10.4 Å². The molecule has 4 aliphatic rings. The van der Waals surface area contributed by atoms with Crippen molar-refractivity contribution in [3.63, 3.8) is 0 Å². The van der Waals surface area contributed by atoms with Gasteiger partial charge in [-0.05, 0) is 65.5 Å². The zero-order valence-electron chi connectivity index (χ0n) is 42.8. The molecule has 10 rings (SSSR count). The van der Waals surface area contributed by atoms with E-state index in [2.05, 4.69) is 15.3 Å². The first-order valence-electron chi connectivity index (χ1n) is 25.1. The molecule has 424 valence electrons. The Labute approximate surface area is 460 Å². The molecular formula is C52H54ClN7O19S. The van der Waals surface area contributed by atoms with Crippen molar-refractivity contribution in [1.29, 1.82) is 0 Å². The maximum absolute atomic E-state index is 14.5. The highest BCUT2D eigenvalue weighted by Gasteiger charge is 2.45. The summed E-state index contributed by atoms with van der Waals surface area (Å²) in [5.41, 5.74) is 2.23. The van der Waals surface area contributed by atoms with Gasteiger partial charge < -0.3 is 76.7 Å². The van der Waals surface area contributed by atoms with E-state index in [1.54, 1.807) is 47.3 Å². The van der Waals surface area contributed by atoms with E-state index in [0.717, 1.165) is 17.0 Å². The average Bonchev–Trinajstić information content (AvgIpc) is 4.32. The average molecular weight is 1150 g/mol. The standard InChI is InChI=1S/C52H54ClN7O19S/c1-57(12-16-73-17-13-58-25-30(55-56-58)11-15-72-18-14-59-43(62)9-10-44(59)63)50(67)28-3-7-38(76-52-48(66)47(65)46(64)42(26-61)77-52)41(19-28)79-80(69,70)78-40-22-37-45(33-20-31(71-2)4-5-32(33)40)29(23-53)24-60(37)51(68)36-21-34-35(54-36)6-8-39-49(34)75-27-74-39/h3-10,19-22,25,29,42,46-48,52,54,61,64-66H,11-18,23-24,26-27H2,1-2H3/t29-,42-,46+,47+,48?,52-/m1/s1. The van der Waals surface area contributed by atoms with Gasteiger partial charge in [-0.1, -0.05) is 5.21 Å². The summed E-state index contributed by atoms with van der Waals surface area (Å²) in [7, 11) is -2.33. The molecule has 80 heavy (non-hydrogen) atoms. The number of aliphatic hydroxyl groups excluding tert-OH is 4. The molecule has 5 N–H and O–H groups in total. The first-order valence-corrected chi connectivity index (χ1v) is 26.9. The minimum Gasteiger partial charge on any atom is -0.497 e. The van der Waals surface area contributed by atoms with Gasteiger partial charge in [0.1, 0.15) is 35.9 Å². The maximum Gasteiger partial charge on any atom is 0.501 e. The molecule has 0 radical (unpaired) electrons. The predicted octanol–water partition coefficient (Wildman–Crippen LogP) is 1.79. The van der Waals surface area contributed by atoms with Crippen LogP contribution in [0.4, 0.5) is 5.69 Å². The number of ether oxygens (including phenoxy) is 7. The van der Waals surface area contributed by atoms with E-state index in [0.29, 0.717) is 57.8 Å². The number of alkyl halides is 1. The second kappa shape index (κ2) is 23.6. The minimum atomic E-state index is -5.27. The normalized spacial score (nSPS) is 20.5. The zero-order valence-corrected chi connectivity index (χ0v) is 44.4. The number of carbonyl (C=O) groups is 4. The number of H-pyrrole nitrogens is 1. The van der Waals surface area contributed by atoms with Crippen molar-refractivity contribution in [3.8, 4) is 34.5 Å². The molecule has 6 heterocycles. The third kappa shape index (κ3) is 11.5. The Morgan fingerprint density at radius 2 is 1.64 bits per heavy atom. The molecule has 2 aromatic heterocycles. The quantitative estimate of drug-likeness (QED) is 0.0347. The number of benzene rings is 4. The summed E-state index contributed by atoms with van der Waals surface area (Å²) in [5.74, 6) is -2.18. The van der Waals surface area contributed by atoms with E-state index in [4.69, 9.17) is 53.1 Å². The minimum absolute atomic E-state index is 0.0180. The number of hydrogen-bond donors (Lipinski definition) is 5. The van der Waals surface area contributed by atoms with E-state index < -0.39 is 76.9 Å². The molecule has 0 bridgehead atoms. The van der Waals surface area contributed by atoms with Crippen LogP contribution in [0, 0.1) is 0 Å². The number of hydrogen-bond acceptors (Lipinski definition) is 21. The van der Waals surface area contributed by atoms with Crippen LogP contribution in [0.2, 0.25) is 0 Å². The van der Waals surface area contributed by atoms with Crippen molar-refractivity contribution in [1.82, 2.24) is 29.8 Å². The fourth-order valence-corrected chi connectivity index (χ4v) is 10.5. The molecule has 6 aromatic rings. The smallest absolute Gasteiger partial charge is 0.497 e. The lowest BCUT2D eigenvalue weighted by atomic mass is 9.95. The topological polar surface area (TPSA) is 323 Å². The fraction of sp³-hybridized carbons (Fsp3) is 0.385. The summed E-state index contributed by atoms with van der Waals surface area (Å²) < 4.78 is 81.1. The Bertz CT molecular complexity index is 3460. The molecule has 28 heteroatoms. The summed E-state index contributed by atoms with van der Waals surface area (Å²) in [6.07, 6.45) is -4.16. The van der Waals surface area contributed by atoms with Gasteiger partial charge in [0, 0.05) is 79.1 Å². The first-order chi connectivity index (χ1) is 38.5. The van der Waals surface area contributed by atoms with E-state index in [-0.39, 0.29) is 98.6 Å². The summed E-state index contributed by atoms with van der Waals surface area (Å²) in [6.45, 7) is 0.577. The van der Waals surface area contributed by atoms with Crippen LogP contribution >= 0.6 is 11.6 Å². The van der Waals surface area contributed by atoms with Crippen molar-refractivity contribution >= 4 is 73.0 Å². The molecule has 4 aliphatic heterocycles. The third-order valence-electron chi connectivity index (χ3n) is 13.7. The van der Waals surface area contributed by atoms with Gasteiger partial charge in [-0.15, -0.1) is 25.1 Å². The SMILES string of the molecule is COc1ccc2c(OS(=O)(=O)Oc3cc(C(=O)N(C)CCOCCn4cc(CCOCCN5C(=O)C=CC5=O)nn4)ccc3O[C@@H]3O[C@H](CO)[C@H](O)[C@H](O)C3O)cc3c(c2c1)[C@H](CCl)CN3C(=O)c1cc2c3c(ccc2[nH]1)OCO3. The van der Waals surface area contributed by atoms with Crippen LogP contribution in [0.15, 0.2) is 79.0 Å². The largest absolute Gasteiger partial charge is 0.501 e. The van der Waals surface area contributed by atoms with E-state index in [9.17, 15) is 48.0 Å². The van der Waals surface area contributed by atoms with Gasteiger partial charge in [0.25, 0.3) is 23.6 Å². The van der Waals surface area contributed by atoms with Crippen LogP contribution in [0.25, 0.3) is 21.7 Å². The number of aromatic amines is 1. The predicted molar refractivity (Wildman–Crippen MR) is 279 cm³/mol. The number of aromatic nitrogens is 4. The second-order valence-electron chi connectivity index (χ2n) is 18.8. The number of amides is 4. The number of aliphatic hydroxyl groups is 4. The van der Waals surface area contributed by atoms with Crippen LogP contribution in [0.5, 0.6) is 34.5 Å². The van der Waals surface area contributed by atoms with E-state index in [1.807, 2.05) is 0 Å². The van der Waals surface area contributed by atoms with Crippen molar-refractivity contribution in [3.05, 3.63) is 102 Å². The highest BCUT2D eigenvalue weighted by Crippen LogP contribution is 2.48. The number of rotatable bonds is 23. The molecule has 0 spiro atoms. The maximum atomic E-state index is 14.5. The van der Waals surface area contributed by atoms with Crippen LogP contribution in [0.3, 0.4) is 0 Å². The highest BCUT2D eigenvalue weighted by molar-refractivity contribution is 7.82. The first kappa shape index (κ1) is 55.7. The summed E-state index contributed by atoms with van der Waals surface area (Å²) in [4.78, 5) is 58.9. The number of fused-ring (bicyclic) bond motifs is 6. The number of anilines is 1. The Balaban J connectivity index is 0.849. The Kier molecular flexibility index (Phi) is 16.4. The molecule has 1 unspecified atom stereocenters. The van der Waals surface area contributed by atoms with Crippen molar-refractivity contribution in [2.75, 3.05) is 84.4 Å². The number of methoxy groups -OCH3 is 1. The molecule has 26 nitrogen and oxygen atoms in total. The molecule has 0 saturated carbocycles. The Hall–Kier alpha value is -7.60. The number of imide groups is 1. The van der Waals surface area contributed by atoms with Crippen molar-refractivity contribution < 1.29 is 89.5 Å². The summed E-state index contributed by atoms with van der Waals surface area (Å²) in [6, 6.07) is 14.8. The molecule has 6 atom stereocenters. The van der Waals surface area contributed by atoms with Crippen molar-refractivity contribution in [2.45, 2.75) is 49.6 Å². The van der Waals surface area contributed by atoms with Gasteiger partial charge in [-0.3, -0.25) is 24.1 Å². The van der Waals surface area contributed by atoms with Crippen molar-refractivity contribution in [2.24, 2.45) is 0 Å². The second-order valence-corrected chi connectivity index (χ2v) is 20.3. The van der Waals surface area contributed by atoms with Crippen LogP contribution < -0.4 is 32.2 Å². The van der Waals surface area contributed by atoms with Gasteiger partial charge in [-0.25, -0.2) is 4.68 Å². The molecule has 0 aliphatic carbocycles. The Morgan fingerprint density at radius 1 is 0.863 bits per heavy atom. The Morgan fingerprint density at radius 3 is 2.41 bits per heavy atom. The van der Waals surface area contributed by atoms with E-state index >= 15 is 0 Å². The van der Waals surface area contributed by atoms with Gasteiger partial charge in [0.2, 0.25) is 13.1 Å². The monoisotopic (exact) mass is 1150 g/mol. The summed E-state index contributed by atoms with van der Waals surface area (Å²) in [5, 5.41) is 51.2. The number of carbonyl (C=O) groups excluding carboxylic acids is 4. The lowest BCUT2D eigenvalue weighted by Gasteiger charge is -2.39.